The van der Waals surface area contributed by atoms with Crippen LogP contribution in [0.15, 0.2) is 29.3 Å². The Morgan fingerprint density at radius 1 is 1.44 bits per heavy atom. The van der Waals surface area contributed by atoms with E-state index in [0.29, 0.717) is 18.9 Å². The Morgan fingerprint density at radius 2 is 2.11 bits per heavy atom. The highest BCUT2D eigenvalue weighted by molar-refractivity contribution is 5.81. The summed E-state index contributed by atoms with van der Waals surface area (Å²) in [6.07, 6.45) is 0.613. The first-order valence-electron chi connectivity index (χ1n) is 6.27. The molecule has 1 aliphatic heterocycles. The number of guanidine groups is 1. The Hall–Kier alpha value is -1.58. The molecule has 0 spiro atoms. The topological polar surface area (TPSA) is 41.6 Å². The van der Waals surface area contributed by atoms with Crippen molar-refractivity contribution in [2.45, 2.75) is 38.8 Å². The van der Waals surface area contributed by atoms with Crippen LogP contribution >= 0.6 is 0 Å². The highest BCUT2D eigenvalue weighted by Crippen LogP contribution is 2.28. The van der Waals surface area contributed by atoms with Crippen LogP contribution in [-0.4, -0.2) is 29.0 Å². The van der Waals surface area contributed by atoms with E-state index >= 15 is 0 Å². The Labute approximate surface area is 108 Å². The van der Waals surface area contributed by atoms with Gasteiger partial charge >= 0.3 is 0 Å². The van der Waals surface area contributed by atoms with E-state index in [4.69, 9.17) is 5.73 Å². The van der Waals surface area contributed by atoms with Crippen LogP contribution in [-0.2, 0) is 6.42 Å². The van der Waals surface area contributed by atoms with Gasteiger partial charge in [-0.15, -0.1) is 0 Å². The first-order chi connectivity index (χ1) is 8.44. The SMILES string of the molecule is CC(C)N1C(N)=NCC1(C)Cc1ccccc1F. The van der Waals surface area contributed by atoms with Gasteiger partial charge in [-0.3, -0.25) is 4.99 Å². The monoisotopic (exact) mass is 249 g/mol. The molecule has 2 N–H and O–H groups in total. The van der Waals surface area contributed by atoms with Gasteiger partial charge in [0.15, 0.2) is 5.96 Å². The van der Waals surface area contributed by atoms with Crippen molar-refractivity contribution in [1.82, 2.24) is 4.90 Å². The van der Waals surface area contributed by atoms with Crippen LogP contribution in [0.3, 0.4) is 0 Å². The molecule has 0 radical (unpaired) electrons. The van der Waals surface area contributed by atoms with Crippen molar-refractivity contribution in [3.63, 3.8) is 0 Å². The molecule has 1 aliphatic rings. The summed E-state index contributed by atoms with van der Waals surface area (Å²) in [7, 11) is 0. The molecule has 1 heterocycles. The highest BCUT2D eigenvalue weighted by Gasteiger charge is 2.39. The number of hydrogen-bond acceptors (Lipinski definition) is 3. The Morgan fingerprint density at radius 3 is 2.72 bits per heavy atom. The molecule has 0 bridgehead atoms. The molecule has 0 aliphatic carbocycles. The molecule has 1 aromatic rings. The molecule has 0 amide bonds. The first-order valence-corrected chi connectivity index (χ1v) is 6.27. The van der Waals surface area contributed by atoms with Gasteiger partial charge in [0, 0.05) is 12.5 Å². The predicted molar refractivity (Wildman–Crippen MR) is 72.0 cm³/mol. The maximum atomic E-state index is 13.8. The van der Waals surface area contributed by atoms with Crippen LogP contribution < -0.4 is 5.73 Å². The Kier molecular flexibility index (Phi) is 3.28. The fraction of sp³-hybridized carbons (Fsp3) is 0.500. The van der Waals surface area contributed by atoms with Gasteiger partial charge in [-0.05, 0) is 32.4 Å². The highest BCUT2D eigenvalue weighted by atomic mass is 19.1. The van der Waals surface area contributed by atoms with E-state index < -0.39 is 0 Å². The van der Waals surface area contributed by atoms with Gasteiger partial charge in [-0.2, -0.15) is 0 Å². The van der Waals surface area contributed by atoms with E-state index in [-0.39, 0.29) is 17.4 Å². The van der Waals surface area contributed by atoms with Crippen LogP contribution in [0.25, 0.3) is 0 Å². The molecule has 0 aromatic heterocycles. The lowest BCUT2D eigenvalue weighted by Crippen LogP contribution is -2.54. The molecule has 0 saturated carbocycles. The lowest BCUT2D eigenvalue weighted by Gasteiger charge is -2.39. The second-order valence-electron chi connectivity index (χ2n) is 5.40. The molecule has 0 saturated heterocycles. The number of hydrogen-bond donors (Lipinski definition) is 1. The number of aliphatic imine (C=N–C) groups is 1. The summed E-state index contributed by atoms with van der Waals surface area (Å²) in [5.74, 6) is 0.400. The molecule has 98 valence electrons. The van der Waals surface area contributed by atoms with Crippen LogP contribution in [0.5, 0.6) is 0 Å². The third kappa shape index (κ3) is 2.19. The number of benzene rings is 1. The molecule has 1 atom stereocenters. The van der Waals surface area contributed by atoms with Crippen molar-refractivity contribution in [3.8, 4) is 0 Å². The molecule has 3 nitrogen and oxygen atoms in total. The van der Waals surface area contributed by atoms with E-state index in [2.05, 4.69) is 30.7 Å². The number of halogens is 1. The van der Waals surface area contributed by atoms with Crippen LogP contribution in [0.1, 0.15) is 26.3 Å². The third-order valence-electron chi connectivity index (χ3n) is 3.46. The Bertz CT molecular complexity index is 470. The number of nitrogens with zero attached hydrogens (tertiary/aromatic N) is 2. The Balaban J connectivity index is 2.26. The molecule has 1 unspecified atom stereocenters. The average Bonchev–Trinajstić information content (AvgIpc) is 2.58. The standard InChI is InChI=1S/C14H20FN3/c1-10(2)18-13(16)17-9-14(18,3)8-11-6-4-5-7-12(11)15/h4-7,10H,8-9H2,1-3H3,(H2,16,17). The third-order valence-corrected chi connectivity index (χ3v) is 3.46. The number of rotatable bonds is 3. The second-order valence-corrected chi connectivity index (χ2v) is 5.40. The zero-order valence-electron chi connectivity index (χ0n) is 11.2. The van der Waals surface area contributed by atoms with Gasteiger partial charge in [0.2, 0.25) is 0 Å². The molecule has 18 heavy (non-hydrogen) atoms. The van der Waals surface area contributed by atoms with Crippen LogP contribution in [0, 0.1) is 5.82 Å². The normalized spacial score (nSPS) is 23.6. The van der Waals surface area contributed by atoms with Gasteiger partial charge in [-0.1, -0.05) is 18.2 Å². The lowest BCUT2D eigenvalue weighted by molar-refractivity contribution is 0.182. The van der Waals surface area contributed by atoms with Crippen molar-refractivity contribution < 1.29 is 4.39 Å². The zero-order chi connectivity index (χ0) is 13.3. The van der Waals surface area contributed by atoms with E-state index in [1.807, 2.05) is 12.1 Å². The zero-order valence-corrected chi connectivity index (χ0v) is 11.2. The summed E-state index contributed by atoms with van der Waals surface area (Å²) in [6, 6.07) is 7.15. The molecule has 2 rings (SSSR count). The summed E-state index contributed by atoms with van der Waals surface area (Å²) >= 11 is 0. The summed E-state index contributed by atoms with van der Waals surface area (Å²) in [5, 5.41) is 0. The van der Waals surface area contributed by atoms with E-state index in [1.54, 1.807) is 6.07 Å². The first kappa shape index (κ1) is 12.9. The fourth-order valence-corrected chi connectivity index (χ4v) is 2.76. The summed E-state index contributed by atoms with van der Waals surface area (Å²) in [5.41, 5.74) is 6.41. The van der Waals surface area contributed by atoms with Crippen molar-refractivity contribution >= 4 is 5.96 Å². The lowest BCUT2D eigenvalue weighted by atomic mass is 9.90. The van der Waals surface area contributed by atoms with E-state index in [1.165, 1.54) is 6.07 Å². The molecular formula is C14H20FN3. The molecule has 4 heteroatoms. The number of nitrogens with two attached hydrogens (primary N) is 1. The minimum Gasteiger partial charge on any atom is -0.370 e. The molecule has 1 aromatic carbocycles. The summed E-state index contributed by atoms with van der Waals surface area (Å²) < 4.78 is 13.8. The van der Waals surface area contributed by atoms with Gasteiger partial charge in [-0.25, -0.2) is 4.39 Å². The smallest absolute Gasteiger partial charge is 0.192 e. The van der Waals surface area contributed by atoms with Crippen molar-refractivity contribution in [3.05, 3.63) is 35.6 Å². The van der Waals surface area contributed by atoms with Gasteiger partial charge in [0.05, 0.1) is 12.1 Å². The van der Waals surface area contributed by atoms with Gasteiger partial charge in [0.25, 0.3) is 0 Å². The largest absolute Gasteiger partial charge is 0.370 e. The maximum Gasteiger partial charge on any atom is 0.192 e. The van der Waals surface area contributed by atoms with E-state index in [9.17, 15) is 4.39 Å². The summed E-state index contributed by atoms with van der Waals surface area (Å²) in [6.45, 7) is 6.86. The van der Waals surface area contributed by atoms with Gasteiger partial charge < -0.3 is 10.6 Å². The minimum absolute atomic E-state index is 0.159. The van der Waals surface area contributed by atoms with Crippen molar-refractivity contribution in [1.29, 1.82) is 0 Å². The second kappa shape index (κ2) is 4.59. The molecular weight excluding hydrogens is 229 g/mol. The van der Waals surface area contributed by atoms with Gasteiger partial charge in [0.1, 0.15) is 5.82 Å². The van der Waals surface area contributed by atoms with Crippen molar-refractivity contribution in [2.24, 2.45) is 10.7 Å². The molecule has 0 fully saturated rings. The van der Waals surface area contributed by atoms with E-state index in [0.717, 1.165) is 5.56 Å². The van der Waals surface area contributed by atoms with Crippen LogP contribution in [0.2, 0.25) is 0 Å². The minimum atomic E-state index is -0.236. The average molecular weight is 249 g/mol. The van der Waals surface area contributed by atoms with Crippen molar-refractivity contribution in [2.75, 3.05) is 6.54 Å². The quantitative estimate of drug-likeness (QED) is 0.892. The summed E-state index contributed by atoms with van der Waals surface area (Å²) in [4.78, 5) is 6.40. The predicted octanol–water partition coefficient (Wildman–Crippen LogP) is 2.17. The maximum absolute atomic E-state index is 13.8. The van der Waals surface area contributed by atoms with Crippen LogP contribution in [0.4, 0.5) is 4.39 Å². The fourth-order valence-electron chi connectivity index (χ4n) is 2.76.